The lowest BCUT2D eigenvalue weighted by atomic mass is 9.80. The predicted octanol–water partition coefficient (Wildman–Crippen LogP) is 4.81. The summed E-state index contributed by atoms with van der Waals surface area (Å²) in [6.07, 6.45) is -3.99. The number of aromatic nitrogens is 1. The summed E-state index contributed by atoms with van der Waals surface area (Å²) in [5.74, 6) is -0.974. The van der Waals surface area contributed by atoms with Gasteiger partial charge in [0.05, 0.1) is 0 Å². The van der Waals surface area contributed by atoms with Crippen LogP contribution in [0.1, 0.15) is 28.4 Å². The van der Waals surface area contributed by atoms with E-state index in [1.807, 2.05) is 0 Å². The maximum Gasteiger partial charge on any atom is 0.573 e. The summed E-state index contributed by atoms with van der Waals surface area (Å²) < 4.78 is 56.5. The molecule has 0 N–H and O–H groups in total. The topological polar surface area (TPSA) is 51.5 Å². The number of carbonyl (C=O) groups is 1. The minimum absolute atomic E-state index is 0.0890. The van der Waals surface area contributed by atoms with Crippen LogP contribution in [0.2, 0.25) is 0 Å². The third kappa shape index (κ3) is 4.30. The number of alkyl halides is 3. The van der Waals surface area contributed by atoms with Crippen molar-refractivity contribution in [1.82, 2.24) is 9.47 Å². The third-order valence-electron chi connectivity index (χ3n) is 6.37. The van der Waals surface area contributed by atoms with Crippen LogP contribution in [0.15, 0.2) is 65.5 Å². The Bertz CT molecular complexity index is 1280. The number of hydrogen-bond acceptors (Lipinski definition) is 3. The van der Waals surface area contributed by atoms with Crippen molar-refractivity contribution in [3.8, 4) is 16.9 Å². The van der Waals surface area contributed by atoms with E-state index in [1.54, 1.807) is 15.5 Å². The molecule has 2 aliphatic rings. The van der Waals surface area contributed by atoms with Crippen molar-refractivity contribution in [3.05, 3.63) is 88.1 Å². The highest BCUT2D eigenvalue weighted by molar-refractivity contribution is 5.94. The Morgan fingerprint density at radius 2 is 1.62 bits per heavy atom. The van der Waals surface area contributed by atoms with Gasteiger partial charge >= 0.3 is 6.36 Å². The van der Waals surface area contributed by atoms with E-state index in [0.29, 0.717) is 30.8 Å². The second kappa shape index (κ2) is 8.30. The molecule has 2 aliphatic heterocycles. The summed E-state index contributed by atoms with van der Waals surface area (Å²) in [7, 11) is 0. The predicted molar refractivity (Wildman–Crippen MR) is 116 cm³/mol. The second-order valence-corrected chi connectivity index (χ2v) is 8.67. The first-order valence-electron chi connectivity index (χ1n) is 10.8. The lowest BCUT2D eigenvalue weighted by molar-refractivity contribution is -0.274. The van der Waals surface area contributed by atoms with E-state index >= 15 is 0 Å². The summed E-state index contributed by atoms with van der Waals surface area (Å²) in [5, 5.41) is 0. The Hall–Kier alpha value is -3.62. The van der Waals surface area contributed by atoms with Gasteiger partial charge in [0.25, 0.3) is 11.5 Å². The number of fused-ring (bicyclic) bond motifs is 4. The summed E-state index contributed by atoms with van der Waals surface area (Å²) in [5.41, 5.74) is 2.40. The van der Waals surface area contributed by atoms with Crippen LogP contribution in [0.4, 0.5) is 17.6 Å². The molecule has 2 atom stereocenters. The maximum atomic E-state index is 13.3. The lowest BCUT2D eigenvalue weighted by Crippen LogP contribution is -2.49. The zero-order valence-electron chi connectivity index (χ0n) is 17.9. The van der Waals surface area contributed by atoms with Crippen LogP contribution in [0.3, 0.4) is 0 Å². The van der Waals surface area contributed by atoms with Crippen molar-refractivity contribution in [2.45, 2.75) is 25.2 Å². The second-order valence-electron chi connectivity index (χ2n) is 8.67. The van der Waals surface area contributed by atoms with Crippen LogP contribution < -0.4 is 10.3 Å². The molecule has 2 aromatic carbocycles. The Kier molecular flexibility index (Phi) is 5.42. The number of carbonyl (C=O) groups excluding carboxylic acids is 1. The molecule has 0 unspecified atom stereocenters. The summed E-state index contributed by atoms with van der Waals surface area (Å²) in [4.78, 5) is 27.4. The molecule has 5 rings (SSSR count). The number of piperidine rings is 1. The number of amides is 1. The van der Waals surface area contributed by atoms with Crippen LogP contribution in [0.5, 0.6) is 5.75 Å². The molecule has 2 bridgehead atoms. The normalized spacial score (nSPS) is 19.5. The van der Waals surface area contributed by atoms with Gasteiger partial charge in [0, 0.05) is 48.4 Å². The van der Waals surface area contributed by atoms with Crippen LogP contribution in [-0.2, 0) is 6.54 Å². The molecule has 0 saturated carbocycles. The molecule has 9 heteroatoms. The highest BCUT2D eigenvalue weighted by Crippen LogP contribution is 2.40. The maximum absolute atomic E-state index is 13.3. The van der Waals surface area contributed by atoms with Crippen LogP contribution >= 0.6 is 0 Å². The van der Waals surface area contributed by atoms with Gasteiger partial charge in [-0.15, -0.1) is 13.2 Å². The van der Waals surface area contributed by atoms with Crippen LogP contribution in [0, 0.1) is 11.7 Å². The Morgan fingerprint density at radius 1 is 0.912 bits per heavy atom. The van der Waals surface area contributed by atoms with Gasteiger partial charge in [0.15, 0.2) is 0 Å². The highest BCUT2D eigenvalue weighted by Gasteiger charge is 2.38. The van der Waals surface area contributed by atoms with Gasteiger partial charge in [-0.25, -0.2) is 4.39 Å². The molecule has 3 aromatic rings. The lowest BCUT2D eigenvalue weighted by Gasteiger charge is -2.43. The fourth-order valence-electron chi connectivity index (χ4n) is 5.04. The van der Waals surface area contributed by atoms with Crippen molar-refractivity contribution in [2.75, 3.05) is 13.1 Å². The molecule has 0 spiro atoms. The largest absolute Gasteiger partial charge is 0.573 e. The van der Waals surface area contributed by atoms with Gasteiger partial charge in [0.2, 0.25) is 0 Å². The number of hydrogen-bond donors (Lipinski definition) is 0. The highest BCUT2D eigenvalue weighted by atomic mass is 19.4. The van der Waals surface area contributed by atoms with E-state index < -0.39 is 12.2 Å². The number of rotatable bonds is 3. The SMILES string of the molecule is O=C(c1ccc(F)cc1)N1C[C@@H]2C[C@H](C1)c1c(-c3ccc(OC(F)(F)F)cc3)ccc(=O)n1C2. The van der Waals surface area contributed by atoms with E-state index in [4.69, 9.17) is 0 Å². The quantitative estimate of drug-likeness (QED) is 0.514. The van der Waals surface area contributed by atoms with E-state index in [9.17, 15) is 27.2 Å². The Labute approximate surface area is 192 Å². The monoisotopic (exact) mass is 472 g/mol. The molecule has 0 radical (unpaired) electrons. The molecular formula is C25H20F4N2O3. The van der Waals surface area contributed by atoms with Gasteiger partial charge in [-0.1, -0.05) is 12.1 Å². The van der Waals surface area contributed by atoms with Crippen LogP contribution in [0.25, 0.3) is 11.1 Å². The number of pyridine rings is 1. The van der Waals surface area contributed by atoms with Gasteiger partial charge in [-0.05, 0) is 60.4 Å². The van der Waals surface area contributed by atoms with Gasteiger partial charge in [0.1, 0.15) is 11.6 Å². The molecule has 176 valence electrons. The summed E-state index contributed by atoms with van der Waals surface area (Å²) in [6.45, 7) is 1.33. The number of likely N-dealkylation sites (tertiary alicyclic amines) is 1. The molecule has 3 heterocycles. The number of benzene rings is 2. The first-order valence-corrected chi connectivity index (χ1v) is 10.8. The van der Waals surface area contributed by atoms with Crippen molar-refractivity contribution in [1.29, 1.82) is 0 Å². The summed E-state index contributed by atoms with van der Waals surface area (Å²) >= 11 is 0. The van der Waals surface area contributed by atoms with Crippen LogP contribution in [-0.4, -0.2) is 34.8 Å². The van der Waals surface area contributed by atoms with Crippen molar-refractivity contribution >= 4 is 5.91 Å². The van der Waals surface area contributed by atoms with Gasteiger partial charge < -0.3 is 14.2 Å². The zero-order chi connectivity index (χ0) is 24.0. The molecule has 1 amide bonds. The smallest absolute Gasteiger partial charge is 0.406 e. The van der Waals surface area contributed by atoms with E-state index in [2.05, 4.69) is 4.74 Å². The number of halogens is 4. The first kappa shape index (κ1) is 22.2. The molecule has 1 saturated heterocycles. The number of nitrogens with zero attached hydrogens (tertiary/aromatic N) is 2. The molecule has 1 fully saturated rings. The minimum Gasteiger partial charge on any atom is -0.406 e. The van der Waals surface area contributed by atoms with E-state index in [-0.39, 0.29) is 29.1 Å². The fourth-order valence-corrected chi connectivity index (χ4v) is 5.04. The fraction of sp³-hybridized carbons (Fsp3) is 0.280. The molecule has 0 aliphatic carbocycles. The van der Waals surface area contributed by atoms with Gasteiger partial charge in [-0.2, -0.15) is 0 Å². The number of ether oxygens (including phenoxy) is 1. The Balaban J connectivity index is 1.47. The van der Waals surface area contributed by atoms with Crippen molar-refractivity contribution in [2.24, 2.45) is 5.92 Å². The Morgan fingerprint density at radius 3 is 2.29 bits per heavy atom. The molecule has 5 nitrogen and oxygen atoms in total. The zero-order valence-corrected chi connectivity index (χ0v) is 17.9. The van der Waals surface area contributed by atoms with Gasteiger partial charge in [-0.3, -0.25) is 9.59 Å². The summed E-state index contributed by atoms with van der Waals surface area (Å²) in [6, 6.07) is 14.1. The molecule has 1 aromatic heterocycles. The van der Waals surface area contributed by atoms with Crippen molar-refractivity contribution in [3.63, 3.8) is 0 Å². The van der Waals surface area contributed by atoms with E-state index in [1.165, 1.54) is 54.6 Å². The first-order chi connectivity index (χ1) is 16.2. The standard InChI is InChI=1S/C25H20F4N2O3/c26-19-5-1-17(2-6-19)24(33)30-12-15-11-18(14-30)23-21(9-10-22(32)31(23)13-15)16-3-7-20(8-4-16)34-25(27,28)29/h1-10,15,18H,11-14H2/t15-,18+/m0/s1. The van der Waals surface area contributed by atoms with E-state index in [0.717, 1.165) is 17.7 Å². The average Bonchev–Trinajstić information content (AvgIpc) is 2.79. The minimum atomic E-state index is -4.78. The van der Waals surface area contributed by atoms with Crippen molar-refractivity contribution < 1.29 is 27.1 Å². The molecular weight excluding hydrogens is 452 g/mol. The third-order valence-corrected chi connectivity index (χ3v) is 6.37. The average molecular weight is 472 g/mol. The molecule has 34 heavy (non-hydrogen) atoms.